The van der Waals surface area contributed by atoms with Gasteiger partial charge in [0, 0.05) is 12.0 Å². The van der Waals surface area contributed by atoms with E-state index in [9.17, 15) is 4.79 Å². The molecule has 1 aromatic carbocycles. The molecule has 1 heterocycles. The highest BCUT2D eigenvalue weighted by Gasteiger charge is 2.10. The van der Waals surface area contributed by atoms with Gasteiger partial charge in [-0.3, -0.25) is 10.1 Å². The number of benzene rings is 1. The third kappa shape index (κ3) is 4.80. The van der Waals surface area contributed by atoms with Crippen LogP contribution in [0, 0.1) is 0 Å². The molecule has 0 spiro atoms. The molecule has 6 heteroatoms. The third-order valence-corrected chi connectivity index (χ3v) is 3.82. The molecule has 1 N–H and O–H groups in total. The van der Waals surface area contributed by atoms with Crippen LogP contribution >= 0.6 is 11.3 Å². The Hall–Kier alpha value is -1.95. The Kier molecular flexibility index (Phi) is 5.89. The summed E-state index contributed by atoms with van der Waals surface area (Å²) in [5.41, 5.74) is 0.571. The molecule has 0 fully saturated rings. The molecule has 118 valence electrons. The monoisotopic (exact) mass is 319 g/mol. The van der Waals surface area contributed by atoms with E-state index in [4.69, 9.17) is 4.74 Å². The van der Waals surface area contributed by atoms with Crippen LogP contribution in [0.4, 0.5) is 5.13 Å². The van der Waals surface area contributed by atoms with Crippen LogP contribution in [0.5, 0.6) is 5.75 Å². The second-order valence-corrected chi connectivity index (χ2v) is 6.31. The summed E-state index contributed by atoms with van der Waals surface area (Å²) in [6.07, 6.45) is 3.22. The summed E-state index contributed by atoms with van der Waals surface area (Å²) in [4.78, 5) is 12.2. The number of aromatic nitrogens is 2. The van der Waals surface area contributed by atoms with Crippen LogP contribution < -0.4 is 10.1 Å². The topological polar surface area (TPSA) is 64.1 Å². The second-order valence-electron chi connectivity index (χ2n) is 5.25. The quantitative estimate of drug-likeness (QED) is 0.840. The van der Waals surface area contributed by atoms with Gasteiger partial charge in [0.05, 0.1) is 6.10 Å². The van der Waals surface area contributed by atoms with Crippen molar-refractivity contribution >= 4 is 22.4 Å². The first-order valence-corrected chi connectivity index (χ1v) is 8.30. The lowest BCUT2D eigenvalue weighted by molar-refractivity contribution is 0.102. The van der Waals surface area contributed by atoms with Crippen LogP contribution in [0.3, 0.4) is 0 Å². The zero-order valence-corrected chi connectivity index (χ0v) is 13.9. The highest BCUT2D eigenvalue weighted by Crippen LogP contribution is 2.19. The van der Waals surface area contributed by atoms with E-state index >= 15 is 0 Å². The number of nitrogens with zero attached hydrogens (tertiary/aromatic N) is 2. The summed E-state index contributed by atoms with van der Waals surface area (Å²) in [7, 11) is 0. The lowest BCUT2D eigenvalue weighted by Crippen LogP contribution is -2.12. The smallest absolute Gasteiger partial charge is 0.257 e. The zero-order valence-electron chi connectivity index (χ0n) is 13.1. The van der Waals surface area contributed by atoms with Crippen LogP contribution in [0.15, 0.2) is 24.3 Å². The van der Waals surface area contributed by atoms with Crippen molar-refractivity contribution < 1.29 is 9.53 Å². The van der Waals surface area contributed by atoms with Crippen molar-refractivity contribution in [2.45, 2.75) is 46.1 Å². The molecule has 0 saturated heterocycles. The van der Waals surface area contributed by atoms with E-state index in [-0.39, 0.29) is 12.0 Å². The van der Waals surface area contributed by atoms with Gasteiger partial charge < -0.3 is 4.74 Å². The molecule has 0 radical (unpaired) electrons. The summed E-state index contributed by atoms with van der Waals surface area (Å²) < 4.78 is 5.56. The maximum absolute atomic E-state index is 12.2. The Balaban J connectivity index is 1.95. The maximum atomic E-state index is 12.2. The predicted molar refractivity (Wildman–Crippen MR) is 88.7 cm³/mol. The highest BCUT2D eigenvalue weighted by atomic mass is 32.1. The molecule has 1 aromatic heterocycles. The molecule has 0 aliphatic carbocycles. The molecule has 22 heavy (non-hydrogen) atoms. The molecule has 0 unspecified atom stereocenters. The molecule has 0 bridgehead atoms. The van der Waals surface area contributed by atoms with Gasteiger partial charge >= 0.3 is 0 Å². The van der Waals surface area contributed by atoms with Crippen LogP contribution in [0.2, 0.25) is 0 Å². The first-order valence-electron chi connectivity index (χ1n) is 7.49. The number of anilines is 1. The minimum absolute atomic E-state index is 0.114. The molecular weight excluding hydrogens is 298 g/mol. The molecule has 2 rings (SSSR count). The molecule has 0 aliphatic rings. The molecule has 5 nitrogen and oxygen atoms in total. The van der Waals surface area contributed by atoms with Crippen molar-refractivity contribution in [3.05, 3.63) is 34.8 Å². The first kappa shape index (κ1) is 16.4. The van der Waals surface area contributed by atoms with Crippen LogP contribution in [0.1, 0.15) is 49.0 Å². The highest BCUT2D eigenvalue weighted by molar-refractivity contribution is 7.15. The van der Waals surface area contributed by atoms with Gasteiger partial charge in [0.1, 0.15) is 10.8 Å². The van der Waals surface area contributed by atoms with Crippen molar-refractivity contribution in [1.82, 2.24) is 10.2 Å². The van der Waals surface area contributed by atoms with Gasteiger partial charge in [0.15, 0.2) is 0 Å². The normalized spacial score (nSPS) is 10.7. The van der Waals surface area contributed by atoms with Crippen LogP contribution in [-0.2, 0) is 6.42 Å². The van der Waals surface area contributed by atoms with E-state index in [1.54, 1.807) is 24.3 Å². The SMILES string of the molecule is CCCCc1nnc(NC(=O)c2ccc(OC(C)C)cc2)s1. The van der Waals surface area contributed by atoms with Gasteiger partial charge in [-0.25, -0.2) is 0 Å². The number of nitrogens with one attached hydrogen (secondary N) is 1. The minimum atomic E-state index is -0.186. The van der Waals surface area contributed by atoms with Gasteiger partial charge in [-0.05, 0) is 44.5 Å². The van der Waals surface area contributed by atoms with E-state index in [0.29, 0.717) is 10.7 Å². The standard InChI is InChI=1S/C16H21N3O2S/c1-4-5-6-14-18-19-16(22-14)17-15(20)12-7-9-13(10-8-12)21-11(2)3/h7-11H,4-6H2,1-3H3,(H,17,19,20). The van der Waals surface area contributed by atoms with E-state index in [1.807, 2.05) is 13.8 Å². The van der Waals surface area contributed by atoms with E-state index in [2.05, 4.69) is 22.4 Å². The van der Waals surface area contributed by atoms with Gasteiger partial charge in [-0.15, -0.1) is 10.2 Å². The Morgan fingerprint density at radius 3 is 2.64 bits per heavy atom. The second kappa shape index (κ2) is 7.89. The number of rotatable bonds is 7. The Morgan fingerprint density at radius 2 is 2.00 bits per heavy atom. The molecule has 0 saturated carbocycles. The lowest BCUT2D eigenvalue weighted by atomic mass is 10.2. The van der Waals surface area contributed by atoms with Gasteiger partial charge in [0.25, 0.3) is 5.91 Å². The number of unbranched alkanes of at least 4 members (excludes halogenated alkanes) is 1. The number of aryl methyl sites for hydroxylation is 1. The van der Waals surface area contributed by atoms with Crippen molar-refractivity contribution in [2.75, 3.05) is 5.32 Å². The fourth-order valence-corrected chi connectivity index (χ4v) is 2.64. The van der Waals surface area contributed by atoms with Crippen molar-refractivity contribution in [3.8, 4) is 5.75 Å². The Labute approximate surface area is 134 Å². The lowest BCUT2D eigenvalue weighted by Gasteiger charge is -2.09. The van der Waals surface area contributed by atoms with Crippen molar-refractivity contribution in [1.29, 1.82) is 0 Å². The van der Waals surface area contributed by atoms with E-state index in [1.165, 1.54) is 11.3 Å². The average Bonchev–Trinajstić information content (AvgIpc) is 2.92. The van der Waals surface area contributed by atoms with Gasteiger partial charge in [-0.2, -0.15) is 0 Å². The van der Waals surface area contributed by atoms with Gasteiger partial charge in [-0.1, -0.05) is 24.7 Å². The van der Waals surface area contributed by atoms with Crippen molar-refractivity contribution in [2.24, 2.45) is 0 Å². The number of ether oxygens (including phenoxy) is 1. The van der Waals surface area contributed by atoms with Crippen LogP contribution in [0.25, 0.3) is 0 Å². The summed E-state index contributed by atoms with van der Waals surface area (Å²) in [5.74, 6) is 0.568. The molecule has 2 aromatic rings. The van der Waals surface area contributed by atoms with E-state index < -0.39 is 0 Å². The molecular formula is C16H21N3O2S. The maximum Gasteiger partial charge on any atom is 0.257 e. The summed E-state index contributed by atoms with van der Waals surface area (Å²) >= 11 is 1.43. The molecule has 0 atom stereocenters. The summed E-state index contributed by atoms with van der Waals surface area (Å²) in [6, 6.07) is 7.07. The zero-order chi connectivity index (χ0) is 15.9. The van der Waals surface area contributed by atoms with Crippen molar-refractivity contribution in [3.63, 3.8) is 0 Å². The first-order chi connectivity index (χ1) is 10.6. The van der Waals surface area contributed by atoms with E-state index in [0.717, 1.165) is 30.0 Å². The number of amides is 1. The Morgan fingerprint density at radius 1 is 1.27 bits per heavy atom. The molecule has 0 aliphatic heterocycles. The number of hydrogen-bond donors (Lipinski definition) is 1. The minimum Gasteiger partial charge on any atom is -0.491 e. The number of carbonyl (C=O) groups excluding carboxylic acids is 1. The fraction of sp³-hybridized carbons (Fsp3) is 0.438. The summed E-state index contributed by atoms with van der Waals surface area (Å²) in [6.45, 7) is 6.06. The largest absolute Gasteiger partial charge is 0.491 e. The number of hydrogen-bond acceptors (Lipinski definition) is 5. The fourth-order valence-electron chi connectivity index (χ4n) is 1.86. The van der Waals surface area contributed by atoms with Gasteiger partial charge in [0.2, 0.25) is 5.13 Å². The van der Waals surface area contributed by atoms with Crippen LogP contribution in [-0.4, -0.2) is 22.2 Å². The third-order valence-electron chi connectivity index (χ3n) is 2.92. The predicted octanol–water partition coefficient (Wildman–Crippen LogP) is 3.92. The summed E-state index contributed by atoms with van der Waals surface area (Å²) in [5, 5.41) is 12.4. The number of carbonyl (C=O) groups is 1. The average molecular weight is 319 g/mol. The Bertz CT molecular complexity index is 608. The molecule has 1 amide bonds.